The molecule has 106 valence electrons. The molecule has 2 aliphatic heterocycles. The van der Waals surface area contributed by atoms with Crippen LogP contribution in [-0.4, -0.2) is 30.0 Å². The molecule has 20 heavy (non-hydrogen) atoms. The Hall–Kier alpha value is -1.53. The molecule has 2 aliphatic rings. The molecule has 1 fully saturated rings. The summed E-state index contributed by atoms with van der Waals surface area (Å²) in [5, 5.41) is 0. The molecule has 1 aromatic rings. The second-order valence-corrected chi connectivity index (χ2v) is 6.09. The summed E-state index contributed by atoms with van der Waals surface area (Å²) in [5.41, 5.74) is 0.296. The standard InChI is InChI=1S/C14H19BN2O3/c1-13(2)14(3,4)20-15(19-13)11-5-6-16-12(9-11)17-7-8-18-10-17/h5-9H,10H2,1-4H3. The average molecular weight is 274 g/mol. The molecule has 1 aromatic heterocycles. The summed E-state index contributed by atoms with van der Waals surface area (Å²) in [7, 11) is -0.366. The number of anilines is 1. The summed E-state index contributed by atoms with van der Waals surface area (Å²) >= 11 is 0. The van der Waals surface area contributed by atoms with Crippen LogP contribution in [0.1, 0.15) is 27.7 Å². The Bertz CT molecular complexity index is 529. The van der Waals surface area contributed by atoms with Crippen LogP contribution in [0.15, 0.2) is 30.8 Å². The van der Waals surface area contributed by atoms with Gasteiger partial charge in [-0.2, -0.15) is 0 Å². The van der Waals surface area contributed by atoms with Gasteiger partial charge in [-0.05, 0) is 45.3 Å². The summed E-state index contributed by atoms with van der Waals surface area (Å²) < 4.78 is 17.3. The smallest absolute Gasteiger partial charge is 0.479 e. The number of hydrogen-bond acceptors (Lipinski definition) is 5. The predicted octanol–water partition coefficient (Wildman–Crippen LogP) is 1.65. The molecule has 0 amide bonds. The van der Waals surface area contributed by atoms with Crippen LogP contribution in [0, 0.1) is 0 Å². The van der Waals surface area contributed by atoms with Crippen molar-refractivity contribution < 1.29 is 14.0 Å². The summed E-state index contributed by atoms with van der Waals surface area (Å²) in [6.45, 7) is 8.68. The third-order valence-corrected chi connectivity index (χ3v) is 4.14. The van der Waals surface area contributed by atoms with E-state index in [1.54, 1.807) is 12.5 Å². The third kappa shape index (κ3) is 2.19. The van der Waals surface area contributed by atoms with E-state index in [9.17, 15) is 0 Å². The van der Waals surface area contributed by atoms with Gasteiger partial charge in [0.1, 0.15) is 12.1 Å². The quantitative estimate of drug-likeness (QED) is 0.767. The monoisotopic (exact) mass is 274 g/mol. The van der Waals surface area contributed by atoms with Crippen LogP contribution in [0.5, 0.6) is 0 Å². The van der Waals surface area contributed by atoms with Crippen LogP contribution >= 0.6 is 0 Å². The number of aromatic nitrogens is 1. The highest BCUT2D eigenvalue weighted by Crippen LogP contribution is 2.36. The lowest BCUT2D eigenvalue weighted by Crippen LogP contribution is -2.41. The lowest BCUT2D eigenvalue weighted by molar-refractivity contribution is 0.00578. The Balaban J connectivity index is 1.85. The molecule has 0 aliphatic carbocycles. The van der Waals surface area contributed by atoms with Crippen LogP contribution < -0.4 is 10.4 Å². The van der Waals surface area contributed by atoms with E-state index in [-0.39, 0.29) is 18.3 Å². The van der Waals surface area contributed by atoms with E-state index in [0.29, 0.717) is 6.73 Å². The highest BCUT2D eigenvalue weighted by Gasteiger charge is 2.51. The topological polar surface area (TPSA) is 43.8 Å². The van der Waals surface area contributed by atoms with Gasteiger partial charge in [0.25, 0.3) is 0 Å². The molecule has 6 heteroatoms. The van der Waals surface area contributed by atoms with Gasteiger partial charge in [0, 0.05) is 12.4 Å². The van der Waals surface area contributed by atoms with Crippen LogP contribution in [0.2, 0.25) is 0 Å². The van der Waals surface area contributed by atoms with E-state index >= 15 is 0 Å². The van der Waals surface area contributed by atoms with Crippen molar-refractivity contribution in [2.75, 3.05) is 11.6 Å². The molecule has 3 heterocycles. The molecule has 0 N–H and O–H groups in total. The minimum Gasteiger partial charge on any atom is -0.479 e. The normalized spacial score (nSPS) is 23.2. The molecule has 0 atom stereocenters. The van der Waals surface area contributed by atoms with Gasteiger partial charge >= 0.3 is 7.12 Å². The minimum atomic E-state index is -0.366. The maximum absolute atomic E-state index is 6.05. The maximum Gasteiger partial charge on any atom is 0.495 e. The van der Waals surface area contributed by atoms with Gasteiger partial charge in [-0.25, -0.2) is 4.98 Å². The van der Waals surface area contributed by atoms with E-state index in [1.165, 1.54) is 0 Å². The largest absolute Gasteiger partial charge is 0.495 e. The number of rotatable bonds is 2. The van der Waals surface area contributed by atoms with Crippen molar-refractivity contribution in [2.24, 2.45) is 0 Å². The zero-order chi connectivity index (χ0) is 14.4. The summed E-state index contributed by atoms with van der Waals surface area (Å²) in [5.74, 6) is 0.825. The fourth-order valence-electron chi connectivity index (χ4n) is 2.14. The van der Waals surface area contributed by atoms with Crippen molar-refractivity contribution in [2.45, 2.75) is 38.9 Å². The third-order valence-electron chi connectivity index (χ3n) is 4.14. The van der Waals surface area contributed by atoms with E-state index in [0.717, 1.165) is 11.3 Å². The van der Waals surface area contributed by atoms with Gasteiger partial charge < -0.3 is 14.0 Å². The van der Waals surface area contributed by atoms with E-state index < -0.39 is 0 Å². The van der Waals surface area contributed by atoms with Crippen molar-refractivity contribution >= 4 is 18.4 Å². The Morgan fingerprint density at radius 1 is 1.20 bits per heavy atom. The van der Waals surface area contributed by atoms with Crippen molar-refractivity contribution in [1.82, 2.24) is 4.98 Å². The fraction of sp³-hybridized carbons (Fsp3) is 0.500. The fourth-order valence-corrected chi connectivity index (χ4v) is 2.14. The van der Waals surface area contributed by atoms with Crippen molar-refractivity contribution in [3.05, 3.63) is 30.8 Å². The highest BCUT2D eigenvalue weighted by atomic mass is 16.7. The number of nitrogens with zero attached hydrogens (tertiary/aromatic N) is 2. The molecular formula is C14H19BN2O3. The first-order valence-electron chi connectivity index (χ1n) is 6.76. The maximum atomic E-state index is 6.05. The molecule has 5 nitrogen and oxygen atoms in total. The van der Waals surface area contributed by atoms with Gasteiger partial charge in [-0.1, -0.05) is 0 Å². The number of hydrogen-bond donors (Lipinski definition) is 0. The van der Waals surface area contributed by atoms with Crippen LogP contribution in [0.3, 0.4) is 0 Å². The van der Waals surface area contributed by atoms with Crippen molar-refractivity contribution in [3.8, 4) is 0 Å². The molecule has 0 radical (unpaired) electrons. The van der Waals surface area contributed by atoms with Crippen molar-refractivity contribution in [3.63, 3.8) is 0 Å². The predicted molar refractivity (Wildman–Crippen MR) is 77.5 cm³/mol. The molecule has 0 unspecified atom stereocenters. The zero-order valence-corrected chi connectivity index (χ0v) is 12.3. The van der Waals surface area contributed by atoms with E-state index in [4.69, 9.17) is 14.0 Å². The summed E-state index contributed by atoms with van der Waals surface area (Å²) in [6, 6.07) is 3.90. The van der Waals surface area contributed by atoms with E-state index in [2.05, 4.69) is 4.98 Å². The zero-order valence-electron chi connectivity index (χ0n) is 12.3. The minimum absolute atomic E-state index is 0.336. The van der Waals surface area contributed by atoms with Gasteiger partial charge in [0.15, 0.2) is 6.73 Å². The molecule has 0 spiro atoms. The lowest BCUT2D eigenvalue weighted by atomic mass is 9.79. The Kier molecular flexibility index (Phi) is 3.03. The second-order valence-electron chi connectivity index (χ2n) is 6.09. The summed E-state index contributed by atoms with van der Waals surface area (Å²) in [6.07, 6.45) is 5.28. The first kappa shape index (κ1) is 13.5. The van der Waals surface area contributed by atoms with Crippen LogP contribution in [0.4, 0.5) is 5.82 Å². The average Bonchev–Trinajstić information content (AvgIpc) is 2.97. The van der Waals surface area contributed by atoms with E-state index in [1.807, 2.05) is 50.9 Å². The first-order valence-corrected chi connectivity index (χ1v) is 6.76. The van der Waals surface area contributed by atoms with Gasteiger partial charge in [0.05, 0.1) is 11.2 Å². The lowest BCUT2D eigenvalue weighted by Gasteiger charge is -2.32. The molecule has 0 aromatic carbocycles. The van der Waals surface area contributed by atoms with Gasteiger partial charge in [-0.3, -0.25) is 4.90 Å². The molecular weight excluding hydrogens is 255 g/mol. The Morgan fingerprint density at radius 2 is 1.90 bits per heavy atom. The number of ether oxygens (including phenoxy) is 1. The molecule has 0 saturated carbocycles. The van der Waals surface area contributed by atoms with Crippen molar-refractivity contribution in [1.29, 1.82) is 0 Å². The SMILES string of the molecule is CC1(C)OB(c2ccnc(N3C=COC3)c2)OC1(C)C. The summed E-state index contributed by atoms with van der Waals surface area (Å²) in [4.78, 5) is 6.27. The Morgan fingerprint density at radius 3 is 2.50 bits per heavy atom. The number of pyridine rings is 1. The van der Waals surface area contributed by atoms with Gasteiger partial charge in [0.2, 0.25) is 0 Å². The highest BCUT2D eigenvalue weighted by molar-refractivity contribution is 6.62. The Labute approximate surface area is 119 Å². The van der Waals surface area contributed by atoms with Gasteiger partial charge in [-0.15, -0.1) is 0 Å². The van der Waals surface area contributed by atoms with Crippen LogP contribution in [0.25, 0.3) is 0 Å². The second kappa shape index (κ2) is 4.50. The molecule has 3 rings (SSSR count). The first-order chi connectivity index (χ1) is 9.39. The molecule has 0 bridgehead atoms. The van der Waals surface area contributed by atoms with Crippen LogP contribution in [-0.2, 0) is 14.0 Å². The molecule has 1 saturated heterocycles.